The van der Waals surface area contributed by atoms with E-state index in [0.717, 1.165) is 0 Å². The van der Waals surface area contributed by atoms with Gasteiger partial charge in [0.1, 0.15) is 0 Å². The summed E-state index contributed by atoms with van der Waals surface area (Å²) in [6.45, 7) is 7.94. The van der Waals surface area contributed by atoms with Gasteiger partial charge in [-0.2, -0.15) is 0 Å². The number of ether oxygens (including phenoxy) is 3. The molecule has 0 spiro atoms. The van der Waals surface area contributed by atoms with Gasteiger partial charge >= 0.3 is 11.9 Å². The zero-order valence-electron chi connectivity index (χ0n) is 20.2. The van der Waals surface area contributed by atoms with E-state index in [0.29, 0.717) is 30.9 Å². The number of carbonyl (C=O) groups is 2. The van der Waals surface area contributed by atoms with Crippen LogP contribution in [0.25, 0.3) is 0 Å². The summed E-state index contributed by atoms with van der Waals surface area (Å²) >= 11 is 0. The zero-order valence-corrected chi connectivity index (χ0v) is 20.2. The molecule has 0 aliphatic rings. The molecule has 0 saturated heterocycles. The van der Waals surface area contributed by atoms with Crippen LogP contribution in [0.2, 0.25) is 0 Å². The molecule has 9 nitrogen and oxygen atoms in total. The van der Waals surface area contributed by atoms with Gasteiger partial charge in [-0.25, -0.2) is 4.79 Å². The van der Waals surface area contributed by atoms with Gasteiger partial charge in [-0.15, -0.1) is 0 Å². The highest BCUT2D eigenvalue weighted by Crippen LogP contribution is 2.37. The molecule has 1 aromatic rings. The van der Waals surface area contributed by atoms with E-state index in [2.05, 4.69) is 13.8 Å². The lowest BCUT2D eigenvalue weighted by Gasteiger charge is -2.33. The van der Waals surface area contributed by atoms with Gasteiger partial charge in [0.05, 0.1) is 18.6 Å². The van der Waals surface area contributed by atoms with Crippen molar-refractivity contribution in [1.29, 1.82) is 0 Å². The van der Waals surface area contributed by atoms with E-state index < -0.39 is 42.5 Å². The first-order chi connectivity index (χ1) is 15.5. The summed E-state index contributed by atoms with van der Waals surface area (Å²) in [5, 5.41) is 29.7. The van der Waals surface area contributed by atoms with Crippen LogP contribution in [0.1, 0.15) is 52.0 Å². The van der Waals surface area contributed by atoms with Crippen molar-refractivity contribution in [2.45, 2.75) is 58.6 Å². The maximum Gasteiger partial charge on any atom is 0.341 e. The third kappa shape index (κ3) is 9.19. The van der Waals surface area contributed by atoms with E-state index in [4.69, 9.17) is 25.1 Å². The van der Waals surface area contributed by atoms with Gasteiger partial charge in [0.15, 0.2) is 18.1 Å². The first kappa shape index (κ1) is 28.7. The number of nitrogens with two attached hydrogens (primary N) is 1. The van der Waals surface area contributed by atoms with Crippen LogP contribution in [0.4, 0.5) is 0 Å². The van der Waals surface area contributed by atoms with Crippen LogP contribution in [0, 0.1) is 17.8 Å². The molecule has 1 rings (SSSR count). The summed E-state index contributed by atoms with van der Waals surface area (Å²) < 4.78 is 16.1. The number of hydrogen-bond donors (Lipinski definition) is 4. The van der Waals surface area contributed by atoms with Gasteiger partial charge in [0, 0.05) is 32.1 Å². The van der Waals surface area contributed by atoms with Gasteiger partial charge in [-0.05, 0) is 36.0 Å². The molecule has 0 amide bonds. The van der Waals surface area contributed by atoms with Crippen molar-refractivity contribution in [2.75, 3.05) is 26.9 Å². The molecular weight excluding hydrogens is 430 g/mol. The lowest BCUT2D eigenvalue weighted by Crippen LogP contribution is -2.43. The second kappa shape index (κ2) is 14.0. The minimum Gasteiger partial charge on any atom is -0.490 e. The molecule has 0 heterocycles. The highest BCUT2D eigenvalue weighted by molar-refractivity contribution is 5.71. The zero-order chi connectivity index (χ0) is 25.1. The normalized spacial score (nSPS) is 16.0. The number of aliphatic hydroxyl groups excluding tert-OH is 1. The molecule has 1 unspecified atom stereocenters. The molecule has 5 atom stereocenters. The smallest absolute Gasteiger partial charge is 0.341 e. The highest BCUT2D eigenvalue weighted by Gasteiger charge is 2.36. The Balaban J connectivity index is 3.29. The van der Waals surface area contributed by atoms with Gasteiger partial charge in [0.25, 0.3) is 0 Å². The number of aliphatic hydroxyl groups is 1. The van der Waals surface area contributed by atoms with Gasteiger partial charge in [-0.3, -0.25) is 4.79 Å². The maximum atomic E-state index is 11.9. The van der Waals surface area contributed by atoms with Crippen molar-refractivity contribution in [2.24, 2.45) is 23.5 Å². The van der Waals surface area contributed by atoms with E-state index in [9.17, 15) is 19.8 Å². The Morgan fingerprint density at radius 3 is 2.24 bits per heavy atom. The standard InChI is InChI=1S/C24H39NO8/c1-14(2)15(3)11-18(25)23(28)22(16(4)24(29)30)17-7-8-19(33-13-21(26)27)20(12-17)32-10-6-9-31-5/h7-8,12,14-16,18,22-23,28H,6,9-11,13,25H2,1-5H3,(H,26,27)(H,29,30)/t15-,16+,18-,22?,23+/m0/s1. The van der Waals surface area contributed by atoms with Gasteiger partial charge in [0.2, 0.25) is 0 Å². The van der Waals surface area contributed by atoms with Crippen molar-refractivity contribution in [1.82, 2.24) is 0 Å². The summed E-state index contributed by atoms with van der Waals surface area (Å²) in [7, 11) is 1.57. The Morgan fingerprint density at radius 2 is 1.70 bits per heavy atom. The largest absolute Gasteiger partial charge is 0.490 e. The molecule has 188 valence electrons. The predicted molar refractivity (Wildman–Crippen MR) is 124 cm³/mol. The summed E-state index contributed by atoms with van der Waals surface area (Å²) in [5.41, 5.74) is 6.84. The molecule has 0 saturated carbocycles. The van der Waals surface area contributed by atoms with Crippen molar-refractivity contribution in [3.05, 3.63) is 23.8 Å². The molecule has 5 N–H and O–H groups in total. The van der Waals surface area contributed by atoms with E-state index >= 15 is 0 Å². The van der Waals surface area contributed by atoms with Crippen LogP contribution in [-0.4, -0.2) is 66.3 Å². The van der Waals surface area contributed by atoms with E-state index in [1.807, 2.05) is 6.92 Å². The molecule has 0 aliphatic carbocycles. The first-order valence-electron chi connectivity index (χ1n) is 11.3. The van der Waals surface area contributed by atoms with Gasteiger partial charge in [-0.1, -0.05) is 33.8 Å². The molecule has 0 radical (unpaired) electrons. The van der Waals surface area contributed by atoms with Crippen molar-refractivity contribution < 1.29 is 39.1 Å². The molecule has 0 aliphatic heterocycles. The Kier molecular flexibility index (Phi) is 12.2. The van der Waals surface area contributed by atoms with Crippen LogP contribution in [0.3, 0.4) is 0 Å². The molecule has 9 heteroatoms. The average molecular weight is 470 g/mol. The minimum absolute atomic E-state index is 0.215. The second-order valence-electron chi connectivity index (χ2n) is 8.85. The van der Waals surface area contributed by atoms with E-state index in [1.54, 1.807) is 19.2 Å². The Labute approximate surface area is 195 Å². The number of benzene rings is 1. The van der Waals surface area contributed by atoms with Crippen molar-refractivity contribution in [3.8, 4) is 11.5 Å². The Morgan fingerprint density at radius 1 is 1.03 bits per heavy atom. The highest BCUT2D eigenvalue weighted by atomic mass is 16.5. The van der Waals surface area contributed by atoms with Gasteiger partial charge < -0.3 is 35.3 Å². The third-order valence-electron chi connectivity index (χ3n) is 5.97. The predicted octanol–water partition coefficient (Wildman–Crippen LogP) is 2.74. The molecular formula is C24H39NO8. The number of methoxy groups -OCH3 is 1. The van der Waals surface area contributed by atoms with Crippen molar-refractivity contribution in [3.63, 3.8) is 0 Å². The van der Waals surface area contributed by atoms with Crippen LogP contribution < -0.4 is 15.2 Å². The summed E-state index contributed by atoms with van der Waals surface area (Å²) in [6, 6.07) is 4.12. The van der Waals surface area contributed by atoms with Crippen LogP contribution >= 0.6 is 0 Å². The van der Waals surface area contributed by atoms with Crippen LogP contribution in [-0.2, 0) is 14.3 Å². The van der Waals surface area contributed by atoms with Crippen LogP contribution in [0.5, 0.6) is 11.5 Å². The van der Waals surface area contributed by atoms with E-state index in [-0.39, 0.29) is 24.0 Å². The number of hydrogen-bond acceptors (Lipinski definition) is 7. The lowest BCUT2D eigenvalue weighted by molar-refractivity contribution is -0.143. The molecule has 0 bridgehead atoms. The number of rotatable bonds is 16. The quantitative estimate of drug-likeness (QED) is 0.268. The lowest BCUT2D eigenvalue weighted by atomic mass is 9.77. The minimum atomic E-state index is -1.14. The number of aliphatic carboxylic acids is 2. The van der Waals surface area contributed by atoms with Crippen molar-refractivity contribution >= 4 is 11.9 Å². The Hall–Kier alpha value is -2.36. The SMILES string of the molecule is COCCCOc1cc(C([C@@H](C)C(=O)O)[C@H](O)[C@@H](N)C[C@H](C)C(C)C)ccc1OCC(=O)O. The fourth-order valence-corrected chi connectivity index (χ4v) is 3.53. The summed E-state index contributed by atoms with van der Waals surface area (Å²) in [6.07, 6.45) is 0.0284. The molecule has 1 aromatic carbocycles. The summed E-state index contributed by atoms with van der Waals surface area (Å²) in [5.74, 6) is -2.81. The molecule has 33 heavy (non-hydrogen) atoms. The second-order valence-corrected chi connectivity index (χ2v) is 8.85. The monoisotopic (exact) mass is 469 g/mol. The Bertz CT molecular complexity index is 754. The topological polar surface area (TPSA) is 149 Å². The number of carboxylic acid groups (broad SMARTS) is 2. The number of carboxylic acids is 2. The third-order valence-corrected chi connectivity index (χ3v) is 5.97. The maximum absolute atomic E-state index is 11.9. The van der Waals surface area contributed by atoms with E-state index in [1.165, 1.54) is 13.0 Å². The molecule has 0 fully saturated rings. The van der Waals surface area contributed by atoms with Crippen LogP contribution in [0.15, 0.2) is 18.2 Å². The molecule has 0 aromatic heterocycles. The fraction of sp³-hybridized carbons (Fsp3) is 0.667. The fourth-order valence-electron chi connectivity index (χ4n) is 3.53. The first-order valence-corrected chi connectivity index (χ1v) is 11.3. The summed E-state index contributed by atoms with van der Waals surface area (Å²) in [4.78, 5) is 22.8. The average Bonchev–Trinajstić information content (AvgIpc) is 2.75.